The molecule has 0 saturated carbocycles. The summed E-state index contributed by atoms with van der Waals surface area (Å²) < 4.78 is 4.54. The van der Waals surface area contributed by atoms with Crippen molar-refractivity contribution in [2.24, 2.45) is 11.3 Å². The number of ether oxygens (including phenoxy) is 1. The molecule has 0 aromatic rings. The van der Waals surface area contributed by atoms with Crippen molar-refractivity contribution in [3.63, 3.8) is 0 Å². The van der Waals surface area contributed by atoms with Crippen LogP contribution in [0.1, 0.15) is 41.5 Å². The largest absolute Gasteiger partial charge is 0.468 e. The van der Waals surface area contributed by atoms with Crippen molar-refractivity contribution >= 4 is 17.7 Å². The van der Waals surface area contributed by atoms with Crippen molar-refractivity contribution < 1.29 is 19.1 Å². The number of hydrogen-bond donors (Lipinski definition) is 1. The number of nitrogens with one attached hydrogen (secondary N) is 1. The smallest absolute Gasteiger partial charge is 0.325 e. The van der Waals surface area contributed by atoms with E-state index in [0.717, 1.165) is 7.11 Å². The molecule has 104 valence electrons. The summed E-state index contributed by atoms with van der Waals surface area (Å²) in [7, 11) is 1.16. The van der Waals surface area contributed by atoms with Gasteiger partial charge in [-0.3, -0.25) is 14.4 Å². The van der Waals surface area contributed by atoms with E-state index in [1.807, 2.05) is 0 Å². The lowest BCUT2D eigenvalue weighted by Gasteiger charge is -2.26. The van der Waals surface area contributed by atoms with Gasteiger partial charge in [0.1, 0.15) is 0 Å². The Hall–Kier alpha value is -1.39. The van der Waals surface area contributed by atoms with Crippen LogP contribution in [0.25, 0.3) is 0 Å². The van der Waals surface area contributed by atoms with E-state index < -0.39 is 34.5 Å². The lowest BCUT2D eigenvalue weighted by atomic mass is 9.82. The van der Waals surface area contributed by atoms with Crippen LogP contribution in [0.2, 0.25) is 0 Å². The number of amides is 1. The molecule has 0 aliphatic rings. The van der Waals surface area contributed by atoms with Gasteiger partial charge in [0, 0.05) is 11.0 Å². The first kappa shape index (κ1) is 16.6. The van der Waals surface area contributed by atoms with E-state index in [2.05, 4.69) is 10.1 Å². The number of rotatable bonds is 3. The first-order valence-electron chi connectivity index (χ1n) is 5.84. The lowest BCUT2D eigenvalue weighted by Crippen LogP contribution is -2.50. The van der Waals surface area contributed by atoms with Gasteiger partial charge in [-0.25, -0.2) is 0 Å². The van der Waals surface area contributed by atoms with E-state index in [1.165, 1.54) is 0 Å². The Morgan fingerprint density at radius 2 is 1.44 bits per heavy atom. The second-order valence-electron chi connectivity index (χ2n) is 6.31. The molecule has 0 radical (unpaired) electrons. The van der Waals surface area contributed by atoms with Gasteiger partial charge in [0.2, 0.25) is 5.91 Å². The summed E-state index contributed by atoms with van der Waals surface area (Å²) in [5.74, 6) is -3.30. The first-order chi connectivity index (χ1) is 7.90. The molecule has 0 aromatic heterocycles. The zero-order chi connectivity index (χ0) is 14.7. The lowest BCUT2D eigenvalue weighted by molar-refractivity contribution is -0.156. The van der Waals surface area contributed by atoms with Crippen LogP contribution in [-0.2, 0) is 19.1 Å². The highest BCUT2D eigenvalue weighted by Gasteiger charge is 2.41. The second kappa shape index (κ2) is 5.50. The molecule has 18 heavy (non-hydrogen) atoms. The number of ketones is 1. The highest BCUT2D eigenvalue weighted by Crippen LogP contribution is 2.22. The Morgan fingerprint density at radius 3 is 1.72 bits per heavy atom. The molecule has 5 heteroatoms. The van der Waals surface area contributed by atoms with E-state index in [0.29, 0.717) is 0 Å². The number of methoxy groups -OCH3 is 1. The molecule has 0 heterocycles. The molecular weight excluding hydrogens is 234 g/mol. The highest BCUT2D eigenvalue weighted by atomic mass is 16.5. The van der Waals surface area contributed by atoms with Crippen LogP contribution in [0, 0.1) is 11.3 Å². The Morgan fingerprint density at radius 1 is 1.00 bits per heavy atom. The molecule has 0 rings (SSSR count). The Kier molecular flexibility index (Phi) is 5.08. The Balaban J connectivity index is 5.21. The molecule has 0 aromatic carbocycles. The molecule has 0 aliphatic heterocycles. The van der Waals surface area contributed by atoms with Crippen LogP contribution in [0.4, 0.5) is 0 Å². The predicted octanol–water partition coefficient (Wildman–Crippen LogP) is 1.31. The normalized spacial score (nSPS) is 13.7. The quantitative estimate of drug-likeness (QED) is 0.611. The fourth-order valence-electron chi connectivity index (χ4n) is 1.33. The van der Waals surface area contributed by atoms with Crippen LogP contribution >= 0.6 is 0 Å². The van der Waals surface area contributed by atoms with E-state index >= 15 is 0 Å². The van der Waals surface area contributed by atoms with Gasteiger partial charge >= 0.3 is 5.97 Å². The molecule has 1 N–H and O–H groups in total. The molecule has 5 nitrogen and oxygen atoms in total. The van der Waals surface area contributed by atoms with Crippen LogP contribution < -0.4 is 5.32 Å². The van der Waals surface area contributed by atoms with Crippen molar-refractivity contribution in [3.05, 3.63) is 0 Å². The van der Waals surface area contributed by atoms with Crippen molar-refractivity contribution in [2.45, 2.75) is 47.1 Å². The number of esters is 1. The van der Waals surface area contributed by atoms with E-state index in [1.54, 1.807) is 41.5 Å². The van der Waals surface area contributed by atoms with Crippen LogP contribution in [0.3, 0.4) is 0 Å². The number of carbonyl (C=O) groups is 3. The summed E-state index contributed by atoms with van der Waals surface area (Å²) in [6, 6.07) is 0. The zero-order valence-electron chi connectivity index (χ0n) is 12.2. The number of Topliss-reactive ketones (excluding diaryl/α,β-unsaturated/α-hetero) is 1. The van der Waals surface area contributed by atoms with Gasteiger partial charge in [0.15, 0.2) is 11.7 Å². The summed E-state index contributed by atoms with van der Waals surface area (Å²) in [5.41, 5.74) is -1.30. The molecule has 0 aliphatic carbocycles. The maximum absolute atomic E-state index is 12.1. The molecule has 0 fully saturated rings. The molecular formula is C13H23NO4. The van der Waals surface area contributed by atoms with Crippen LogP contribution in [0.15, 0.2) is 0 Å². The average Bonchev–Trinajstić information content (AvgIpc) is 2.13. The van der Waals surface area contributed by atoms with E-state index in [-0.39, 0.29) is 0 Å². The van der Waals surface area contributed by atoms with Crippen molar-refractivity contribution in [2.75, 3.05) is 7.11 Å². The SMILES string of the molecule is COC(=O)C(C(=O)NC(C)(C)C)C(=O)C(C)(C)C. The fraction of sp³-hybridized carbons (Fsp3) is 0.769. The average molecular weight is 257 g/mol. The van der Waals surface area contributed by atoms with Gasteiger partial charge in [-0.2, -0.15) is 0 Å². The molecule has 1 atom stereocenters. The summed E-state index contributed by atoms with van der Waals surface area (Å²) in [5, 5.41) is 2.63. The Labute approximate surface area is 108 Å². The minimum Gasteiger partial charge on any atom is -0.468 e. The number of hydrogen-bond acceptors (Lipinski definition) is 4. The van der Waals surface area contributed by atoms with Gasteiger partial charge in [-0.1, -0.05) is 20.8 Å². The standard InChI is InChI=1S/C13H23NO4/c1-12(2,3)9(15)8(11(17)18-7)10(16)14-13(4,5)6/h8H,1-7H3,(H,14,16). The summed E-state index contributed by atoms with van der Waals surface area (Å²) in [4.78, 5) is 35.8. The Bertz CT molecular complexity index is 347. The highest BCUT2D eigenvalue weighted by molar-refractivity contribution is 6.18. The minimum atomic E-state index is -1.41. The minimum absolute atomic E-state index is 0.448. The fourth-order valence-corrected chi connectivity index (χ4v) is 1.33. The van der Waals surface area contributed by atoms with Crippen molar-refractivity contribution in [1.82, 2.24) is 5.32 Å². The maximum Gasteiger partial charge on any atom is 0.325 e. The maximum atomic E-state index is 12.1. The summed E-state index contributed by atoms with van der Waals surface area (Å²) >= 11 is 0. The summed E-state index contributed by atoms with van der Waals surface area (Å²) in [6.45, 7) is 10.3. The zero-order valence-corrected chi connectivity index (χ0v) is 12.2. The second-order valence-corrected chi connectivity index (χ2v) is 6.31. The van der Waals surface area contributed by atoms with Crippen molar-refractivity contribution in [1.29, 1.82) is 0 Å². The van der Waals surface area contributed by atoms with E-state index in [4.69, 9.17) is 0 Å². The third-order valence-corrected chi connectivity index (χ3v) is 2.20. The van der Waals surface area contributed by atoms with Gasteiger partial charge in [-0.15, -0.1) is 0 Å². The third-order valence-electron chi connectivity index (χ3n) is 2.20. The van der Waals surface area contributed by atoms with Gasteiger partial charge in [-0.05, 0) is 20.8 Å². The predicted molar refractivity (Wildman–Crippen MR) is 67.9 cm³/mol. The monoisotopic (exact) mass is 257 g/mol. The number of carbonyl (C=O) groups excluding carboxylic acids is 3. The van der Waals surface area contributed by atoms with E-state index in [9.17, 15) is 14.4 Å². The van der Waals surface area contributed by atoms with Gasteiger partial charge < -0.3 is 10.1 Å². The topological polar surface area (TPSA) is 72.5 Å². The van der Waals surface area contributed by atoms with Crippen molar-refractivity contribution in [3.8, 4) is 0 Å². The van der Waals surface area contributed by atoms with Gasteiger partial charge in [0.05, 0.1) is 7.11 Å². The molecule has 1 unspecified atom stereocenters. The van der Waals surface area contributed by atoms with Crippen LogP contribution in [-0.4, -0.2) is 30.3 Å². The van der Waals surface area contributed by atoms with Gasteiger partial charge in [0.25, 0.3) is 0 Å². The molecule has 0 spiro atoms. The van der Waals surface area contributed by atoms with Crippen LogP contribution in [0.5, 0.6) is 0 Å². The molecule has 1 amide bonds. The molecule has 0 saturated heterocycles. The summed E-state index contributed by atoms with van der Waals surface area (Å²) in [6.07, 6.45) is 0. The first-order valence-corrected chi connectivity index (χ1v) is 5.84. The third kappa shape index (κ3) is 4.85. The molecule has 0 bridgehead atoms.